The lowest BCUT2D eigenvalue weighted by Gasteiger charge is -2.11. The fraction of sp³-hybridized carbons (Fsp3) is 0.0606. The molecule has 0 radical (unpaired) electrons. The van der Waals surface area contributed by atoms with Crippen molar-refractivity contribution in [2.24, 2.45) is 5.10 Å². The molecule has 0 saturated heterocycles. The highest BCUT2D eigenvalue weighted by Crippen LogP contribution is 2.23. The summed E-state index contributed by atoms with van der Waals surface area (Å²) in [6, 6.07) is 31.3. The van der Waals surface area contributed by atoms with Crippen LogP contribution in [-0.4, -0.2) is 33.7 Å². The van der Waals surface area contributed by atoms with Crippen LogP contribution < -0.4 is 16.1 Å². The van der Waals surface area contributed by atoms with Crippen molar-refractivity contribution in [3.8, 4) is 16.9 Å². The number of amides is 3. The van der Waals surface area contributed by atoms with Gasteiger partial charge < -0.3 is 10.6 Å². The van der Waals surface area contributed by atoms with Gasteiger partial charge in [0.05, 0.1) is 23.2 Å². The van der Waals surface area contributed by atoms with E-state index in [0.29, 0.717) is 16.9 Å². The van der Waals surface area contributed by atoms with Gasteiger partial charge in [0.25, 0.3) is 5.91 Å². The summed E-state index contributed by atoms with van der Waals surface area (Å²) in [5, 5.41) is 14.0. The second-order valence-electron chi connectivity index (χ2n) is 9.60. The minimum absolute atomic E-state index is 0.192. The monoisotopic (exact) mass is 556 g/mol. The molecule has 0 atom stereocenters. The summed E-state index contributed by atoms with van der Waals surface area (Å²) in [5.74, 6) is -2.39. The predicted molar refractivity (Wildman–Crippen MR) is 164 cm³/mol. The molecule has 9 heteroatoms. The second kappa shape index (κ2) is 12.6. The van der Waals surface area contributed by atoms with Gasteiger partial charge in [-0.05, 0) is 50.2 Å². The van der Waals surface area contributed by atoms with E-state index in [-0.39, 0.29) is 11.3 Å². The van der Waals surface area contributed by atoms with E-state index in [2.05, 4.69) is 21.2 Å². The number of aromatic nitrogens is 2. The Morgan fingerprint density at radius 2 is 1.38 bits per heavy atom. The van der Waals surface area contributed by atoms with Crippen LogP contribution in [0.5, 0.6) is 0 Å². The highest BCUT2D eigenvalue weighted by Gasteiger charge is 2.18. The van der Waals surface area contributed by atoms with Crippen molar-refractivity contribution in [2.75, 3.05) is 10.6 Å². The fourth-order valence-electron chi connectivity index (χ4n) is 4.15. The number of hydrogen-bond donors (Lipinski definition) is 3. The Balaban J connectivity index is 1.29. The van der Waals surface area contributed by atoms with Crippen LogP contribution in [0.3, 0.4) is 0 Å². The molecule has 0 unspecified atom stereocenters. The lowest BCUT2D eigenvalue weighted by molar-refractivity contribution is -0.136. The fourth-order valence-corrected chi connectivity index (χ4v) is 4.15. The summed E-state index contributed by atoms with van der Waals surface area (Å²) < 4.78 is 1.73. The van der Waals surface area contributed by atoms with Crippen LogP contribution in [0, 0.1) is 13.8 Å². The van der Waals surface area contributed by atoms with Crippen molar-refractivity contribution < 1.29 is 14.4 Å². The average Bonchev–Trinajstić information content (AvgIpc) is 3.43. The van der Waals surface area contributed by atoms with E-state index in [1.807, 2.05) is 80.6 Å². The Morgan fingerprint density at radius 1 is 0.738 bits per heavy atom. The van der Waals surface area contributed by atoms with Gasteiger partial charge in [0.1, 0.15) is 5.69 Å². The van der Waals surface area contributed by atoms with Crippen LogP contribution in [0.1, 0.15) is 27.0 Å². The molecule has 4 aromatic carbocycles. The van der Waals surface area contributed by atoms with Gasteiger partial charge in [0.15, 0.2) is 0 Å². The first kappa shape index (κ1) is 27.7. The van der Waals surface area contributed by atoms with Crippen molar-refractivity contribution in [3.05, 3.63) is 132 Å². The second-order valence-corrected chi connectivity index (χ2v) is 9.60. The minimum atomic E-state index is -0.993. The van der Waals surface area contributed by atoms with E-state index in [1.54, 1.807) is 47.3 Å². The Kier molecular flexibility index (Phi) is 8.29. The SMILES string of the molecule is Cc1ccc(NC(=O)c2ccccc2NC(=O)C(=O)N/N=C\c2cn(-c3ccccc3)nc2-c2ccc(C)cc2)cc1. The molecule has 0 fully saturated rings. The van der Waals surface area contributed by atoms with Crippen molar-refractivity contribution in [1.82, 2.24) is 15.2 Å². The van der Waals surface area contributed by atoms with Crippen LogP contribution in [0.2, 0.25) is 0 Å². The van der Waals surface area contributed by atoms with Crippen LogP contribution in [0.15, 0.2) is 114 Å². The number of nitrogens with one attached hydrogen (secondary N) is 3. The first-order chi connectivity index (χ1) is 20.4. The van der Waals surface area contributed by atoms with Crippen molar-refractivity contribution in [2.45, 2.75) is 13.8 Å². The maximum absolute atomic E-state index is 12.9. The van der Waals surface area contributed by atoms with Crippen molar-refractivity contribution in [3.63, 3.8) is 0 Å². The van der Waals surface area contributed by atoms with E-state index >= 15 is 0 Å². The summed E-state index contributed by atoms with van der Waals surface area (Å²) in [6.45, 7) is 3.95. The van der Waals surface area contributed by atoms with Crippen molar-refractivity contribution in [1.29, 1.82) is 0 Å². The van der Waals surface area contributed by atoms with Gasteiger partial charge in [0.2, 0.25) is 0 Å². The number of anilines is 2. The lowest BCUT2D eigenvalue weighted by atomic mass is 10.1. The quantitative estimate of drug-likeness (QED) is 0.139. The van der Waals surface area contributed by atoms with Crippen LogP contribution in [0.4, 0.5) is 11.4 Å². The zero-order valence-electron chi connectivity index (χ0n) is 23.0. The number of hydrazone groups is 1. The first-order valence-corrected chi connectivity index (χ1v) is 13.2. The molecule has 0 spiro atoms. The third-order valence-electron chi connectivity index (χ3n) is 6.39. The normalized spacial score (nSPS) is 10.8. The van der Waals surface area contributed by atoms with E-state index in [4.69, 9.17) is 5.10 Å². The molecule has 0 saturated carbocycles. The highest BCUT2D eigenvalue weighted by molar-refractivity contribution is 6.40. The van der Waals surface area contributed by atoms with Crippen LogP contribution >= 0.6 is 0 Å². The molecule has 0 aliphatic heterocycles. The van der Waals surface area contributed by atoms with Gasteiger partial charge in [0, 0.05) is 23.0 Å². The third kappa shape index (κ3) is 6.65. The predicted octanol–water partition coefficient (Wildman–Crippen LogP) is 5.50. The molecular formula is C33H28N6O3. The zero-order chi connectivity index (χ0) is 29.5. The smallest absolute Gasteiger partial charge is 0.322 e. The third-order valence-corrected chi connectivity index (χ3v) is 6.39. The maximum Gasteiger partial charge on any atom is 0.329 e. The summed E-state index contributed by atoms with van der Waals surface area (Å²) >= 11 is 0. The average molecular weight is 557 g/mol. The largest absolute Gasteiger partial charge is 0.329 e. The number of aryl methyl sites for hydroxylation is 2. The van der Waals surface area contributed by atoms with Crippen LogP contribution in [0.25, 0.3) is 16.9 Å². The molecular weight excluding hydrogens is 528 g/mol. The molecule has 1 heterocycles. The summed E-state index contributed by atoms with van der Waals surface area (Å²) in [4.78, 5) is 38.2. The Morgan fingerprint density at radius 3 is 2.10 bits per heavy atom. The number of hydrogen-bond acceptors (Lipinski definition) is 5. The summed E-state index contributed by atoms with van der Waals surface area (Å²) in [6.07, 6.45) is 3.24. The molecule has 3 N–H and O–H groups in total. The van der Waals surface area contributed by atoms with E-state index in [1.165, 1.54) is 6.21 Å². The Hall–Kier alpha value is -5.83. The lowest BCUT2D eigenvalue weighted by Crippen LogP contribution is -2.33. The Bertz CT molecular complexity index is 1760. The summed E-state index contributed by atoms with van der Waals surface area (Å²) in [5.41, 5.74) is 8.49. The topological polar surface area (TPSA) is 117 Å². The van der Waals surface area contributed by atoms with Crippen molar-refractivity contribution >= 4 is 35.3 Å². The molecule has 208 valence electrons. The summed E-state index contributed by atoms with van der Waals surface area (Å²) in [7, 11) is 0. The highest BCUT2D eigenvalue weighted by atomic mass is 16.2. The van der Waals surface area contributed by atoms with Gasteiger partial charge >= 0.3 is 11.8 Å². The number of carbonyl (C=O) groups excluding carboxylic acids is 3. The van der Waals surface area contributed by atoms with Gasteiger partial charge in [-0.1, -0.05) is 77.9 Å². The molecule has 0 aliphatic rings. The maximum atomic E-state index is 12.9. The van der Waals surface area contributed by atoms with E-state index < -0.39 is 17.7 Å². The van der Waals surface area contributed by atoms with Gasteiger partial charge in [-0.3, -0.25) is 14.4 Å². The zero-order valence-corrected chi connectivity index (χ0v) is 23.0. The molecule has 0 bridgehead atoms. The molecule has 1 aromatic heterocycles. The van der Waals surface area contributed by atoms with Gasteiger partial charge in [-0.25, -0.2) is 10.1 Å². The standard InChI is InChI=1S/C33H28N6O3/c1-22-12-16-24(17-13-22)30-25(21-39(38-30)27-8-4-3-5-9-27)20-34-37-33(42)32(41)36-29-11-7-6-10-28(29)31(40)35-26-18-14-23(2)15-19-26/h3-21H,1-2H3,(H,35,40)(H,36,41)(H,37,42)/b34-20-. The molecule has 42 heavy (non-hydrogen) atoms. The number of rotatable bonds is 7. The van der Waals surface area contributed by atoms with Gasteiger partial charge in [-0.15, -0.1) is 0 Å². The number of nitrogens with zero attached hydrogens (tertiary/aromatic N) is 3. The number of para-hydroxylation sites is 2. The molecule has 5 aromatic rings. The van der Waals surface area contributed by atoms with E-state index in [0.717, 1.165) is 22.4 Å². The van der Waals surface area contributed by atoms with Gasteiger partial charge in [-0.2, -0.15) is 10.2 Å². The molecule has 9 nitrogen and oxygen atoms in total. The number of carbonyl (C=O) groups is 3. The molecule has 3 amide bonds. The molecule has 5 rings (SSSR count). The Labute approximate surface area is 242 Å². The number of benzene rings is 4. The molecule has 0 aliphatic carbocycles. The minimum Gasteiger partial charge on any atom is -0.322 e. The van der Waals surface area contributed by atoms with E-state index in [9.17, 15) is 14.4 Å². The van der Waals surface area contributed by atoms with Crippen LogP contribution in [-0.2, 0) is 9.59 Å². The first-order valence-electron chi connectivity index (χ1n) is 13.2.